The Bertz CT molecular complexity index is 956. The van der Waals surface area contributed by atoms with E-state index in [0.29, 0.717) is 23.8 Å². The molecular formula is C16H8Br2F6N2O4. The number of phenolic OH excluding ortho intramolecular Hbond substituents is 1. The number of carbonyl (C=O) groups is 1. The maximum atomic E-state index is 12.5. The van der Waals surface area contributed by atoms with Crippen LogP contribution in [0, 0.1) is 0 Å². The van der Waals surface area contributed by atoms with Crippen LogP contribution in [0.3, 0.4) is 0 Å². The molecule has 0 aliphatic carbocycles. The third-order valence-electron chi connectivity index (χ3n) is 3.07. The van der Waals surface area contributed by atoms with Crippen molar-refractivity contribution in [2.45, 2.75) is 12.7 Å². The Balaban J connectivity index is 2.28. The van der Waals surface area contributed by atoms with Crippen LogP contribution >= 0.6 is 31.9 Å². The maximum absolute atomic E-state index is 12.5. The topological polar surface area (TPSA) is 80.2 Å². The van der Waals surface area contributed by atoms with Crippen LogP contribution in [0.25, 0.3) is 0 Å². The SMILES string of the molecule is O=C(NN=Cc1cc(Br)c(O)c(Br)c1)c1cc(OC(F)(F)F)ccc1OC(F)(F)F. The predicted octanol–water partition coefficient (Wildman–Crippen LogP) is 5.48. The van der Waals surface area contributed by atoms with Gasteiger partial charge >= 0.3 is 12.7 Å². The van der Waals surface area contributed by atoms with E-state index in [0.717, 1.165) is 6.21 Å². The summed E-state index contributed by atoms with van der Waals surface area (Å²) in [4.78, 5) is 12.2. The summed E-state index contributed by atoms with van der Waals surface area (Å²) < 4.78 is 82.4. The van der Waals surface area contributed by atoms with Crippen LogP contribution in [0.4, 0.5) is 26.3 Å². The lowest BCUT2D eigenvalue weighted by atomic mass is 10.2. The molecule has 1 amide bonds. The highest BCUT2D eigenvalue weighted by atomic mass is 79.9. The van der Waals surface area contributed by atoms with Crippen LogP contribution in [-0.2, 0) is 0 Å². The van der Waals surface area contributed by atoms with Crippen LogP contribution in [0.2, 0.25) is 0 Å². The van der Waals surface area contributed by atoms with Crippen molar-refractivity contribution >= 4 is 44.0 Å². The number of aromatic hydroxyl groups is 1. The maximum Gasteiger partial charge on any atom is 0.573 e. The zero-order valence-electron chi connectivity index (χ0n) is 14.1. The molecule has 0 aliphatic rings. The van der Waals surface area contributed by atoms with Crippen molar-refractivity contribution in [1.29, 1.82) is 0 Å². The number of benzene rings is 2. The Morgan fingerprint density at radius 2 is 1.57 bits per heavy atom. The lowest BCUT2D eigenvalue weighted by molar-refractivity contribution is -0.277. The van der Waals surface area contributed by atoms with Gasteiger partial charge in [-0.1, -0.05) is 0 Å². The molecular weight excluding hydrogens is 558 g/mol. The molecule has 0 saturated heterocycles. The van der Waals surface area contributed by atoms with E-state index in [1.54, 1.807) is 0 Å². The van der Waals surface area contributed by atoms with E-state index in [2.05, 4.69) is 46.4 Å². The largest absolute Gasteiger partial charge is 0.573 e. The quantitative estimate of drug-likeness (QED) is 0.286. The van der Waals surface area contributed by atoms with Gasteiger partial charge in [0.1, 0.15) is 17.2 Å². The average Bonchev–Trinajstić information content (AvgIpc) is 2.58. The van der Waals surface area contributed by atoms with Gasteiger partial charge in [-0.15, -0.1) is 26.3 Å². The second-order valence-electron chi connectivity index (χ2n) is 5.29. The van der Waals surface area contributed by atoms with Crippen LogP contribution in [0.5, 0.6) is 17.2 Å². The first-order valence-electron chi connectivity index (χ1n) is 7.42. The van der Waals surface area contributed by atoms with Gasteiger partial charge in [-0.3, -0.25) is 4.79 Å². The first-order valence-corrected chi connectivity index (χ1v) is 9.01. The van der Waals surface area contributed by atoms with E-state index in [1.165, 1.54) is 12.1 Å². The van der Waals surface area contributed by atoms with Crippen molar-refractivity contribution in [1.82, 2.24) is 5.43 Å². The Hall–Kier alpha value is -2.48. The summed E-state index contributed by atoms with van der Waals surface area (Å²) in [5.74, 6) is -3.39. The normalized spacial score (nSPS) is 12.1. The first-order chi connectivity index (χ1) is 13.7. The fourth-order valence-electron chi connectivity index (χ4n) is 1.98. The number of amides is 1. The Kier molecular flexibility index (Phi) is 7.23. The third kappa shape index (κ3) is 7.09. The smallest absolute Gasteiger partial charge is 0.506 e. The molecule has 0 fully saturated rings. The third-order valence-corrected chi connectivity index (χ3v) is 4.28. The molecule has 0 bridgehead atoms. The minimum absolute atomic E-state index is 0.105. The molecule has 0 unspecified atom stereocenters. The van der Waals surface area contributed by atoms with Crippen molar-refractivity contribution in [3.8, 4) is 17.2 Å². The molecule has 14 heteroatoms. The number of carbonyl (C=O) groups excluding carboxylic acids is 1. The average molecular weight is 566 g/mol. The van der Waals surface area contributed by atoms with Gasteiger partial charge in [-0.05, 0) is 67.8 Å². The van der Waals surface area contributed by atoms with Gasteiger partial charge in [0.05, 0.1) is 20.7 Å². The number of hydrogen-bond donors (Lipinski definition) is 2. The number of hydrogen-bond acceptors (Lipinski definition) is 5. The molecule has 0 radical (unpaired) electrons. The number of nitrogens with one attached hydrogen (secondary N) is 1. The van der Waals surface area contributed by atoms with E-state index in [-0.39, 0.29) is 14.7 Å². The highest BCUT2D eigenvalue weighted by molar-refractivity contribution is 9.11. The predicted molar refractivity (Wildman–Crippen MR) is 98.4 cm³/mol. The van der Waals surface area contributed by atoms with Crippen LogP contribution in [0.1, 0.15) is 15.9 Å². The van der Waals surface area contributed by atoms with Gasteiger partial charge in [-0.25, -0.2) is 5.43 Å². The van der Waals surface area contributed by atoms with E-state index in [4.69, 9.17) is 0 Å². The molecule has 0 heterocycles. The molecule has 30 heavy (non-hydrogen) atoms. The molecule has 0 spiro atoms. The Labute approximate surface area is 180 Å². The number of hydrazone groups is 1. The second-order valence-corrected chi connectivity index (χ2v) is 6.99. The summed E-state index contributed by atoms with van der Waals surface area (Å²) >= 11 is 6.13. The number of rotatable bonds is 5. The fourth-order valence-corrected chi connectivity index (χ4v) is 3.20. The van der Waals surface area contributed by atoms with Crippen LogP contribution in [-0.4, -0.2) is 30.0 Å². The monoisotopic (exact) mass is 564 g/mol. The summed E-state index contributed by atoms with van der Waals surface area (Å²) in [6.45, 7) is 0. The lowest BCUT2D eigenvalue weighted by Crippen LogP contribution is -2.23. The molecule has 162 valence electrons. The molecule has 0 atom stereocenters. The summed E-state index contributed by atoms with van der Waals surface area (Å²) in [5.41, 5.74) is 1.32. The molecule has 0 saturated carbocycles. The van der Waals surface area contributed by atoms with Crippen molar-refractivity contribution in [2.24, 2.45) is 5.10 Å². The minimum atomic E-state index is -5.20. The number of phenols is 1. The van der Waals surface area contributed by atoms with E-state index in [1.807, 2.05) is 5.43 Å². The number of nitrogens with zero attached hydrogens (tertiary/aromatic N) is 1. The van der Waals surface area contributed by atoms with Gasteiger partial charge in [0.25, 0.3) is 5.91 Å². The van der Waals surface area contributed by atoms with E-state index < -0.39 is 35.7 Å². The van der Waals surface area contributed by atoms with Gasteiger partial charge < -0.3 is 14.6 Å². The van der Waals surface area contributed by atoms with E-state index >= 15 is 0 Å². The highest BCUT2D eigenvalue weighted by Crippen LogP contribution is 2.33. The molecule has 0 aliphatic heterocycles. The highest BCUT2D eigenvalue weighted by Gasteiger charge is 2.35. The van der Waals surface area contributed by atoms with Crippen molar-refractivity contribution in [2.75, 3.05) is 0 Å². The van der Waals surface area contributed by atoms with Gasteiger partial charge in [0.15, 0.2) is 0 Å². The molecule has 2 N–H and O–H groups in total. The zero-order valence-corrected chi connectivity index (χ0v) is 17.3. The second kappa shape index (κ2) is 9.12. The summed E-state index contributed by atoms with van der Waals surface area (Å²) in [6, 6.07) is 4.30. The Morgan fingerprint density at radius 1 is 1.00 bits per heavy atom. The van der Waals surface area contributed by atoms with Gasteiger partial charge in [0.2, 0.25) is 0 Å². The van der Waals surface area contributed by atoms with Crippen molar-refractivity contribution in [3.63, 3.8) is 0 Å². The number of halogens is 8. The molecule has 2 rings (SSSR count). The standard InChI is InChI=1S/C16H8Br2F6N2O4/c17-10-3-7(4-11(18)13(10)27)6-25-26-14(28)9-5-8(29-15(19,20)21)1-2-12(9)30-16(22,23)24/h1-6,27H,(H,26,28). The van der Waals surface area contributed by atoms with Gasteiger partial charge in [-0.2, -0.15) is 5.10 Å². The Morgan fingerprint density at radius 3 is 2.10 bits per heavy atom. The zero-order chi connectivity index (χ0) is 22.7. The summed E-state index contributed by atoms with van der Waals surface area (Å²) in [7, 11) is 0. The van der Waals surface area contributed by atoms with Crippen molar-refractivity contribution in [3.05, 3.63) is 50.4 Å². The van der Waals surface area contributed by atoms with E-state index in [9.17, 15) is 36.2 Å². The van der Waals surface area contributed by atoms with Gasteiger partial charge in [0, 0.05) is 0 Å². The molecule has 2 aromatic rings. The number of alkyl halides is 6. The summed E-state index contributed by atoms with van der Waals surface area (Å²) in [5, 5.41) is 13.1. The lowest BCUT2D eigenvalue weighted by Gasteiger charge is -2.14. The van der Waals surface area contributed by atoms with Crippen molar-refractivity contribution < 1.29 is 45.7 Å². The summed E-state index contributed by atoms with van der Waals surface area (Å²) in [6.07, 6.45) is -9.25. The van der Waals surface area contributed by atoms with Crippen LogP contribution < -0.4 is 14.9 Å². The molecule has 2 aromatic carbocycles. The molecule has 0 aromatic heterocycles. The minimum Gasteiger partial charge on any atom is -0.506 e. The first kappa shape index (κ1) is 23.8. The fraction of sp³-hybridized carbons (Fsp3) is 0.125. The number of ether oxygens (including phenoxy) is 2. The molecule has 6 nitrogen and oxygen atoms in total. The van der Waals surface area contributed by atoms with Crippen LogP contribution in [0.15, 0.2) is 44.4 Å².